The van der Waals surface area contributed by atoms with Gasteiger partial charge in [-0.3, -0.25) is 0 Å². The van der Waals surface area contributed by atoms with Gasteiger partial charge in [0.2, 0.25) is 0 Å². The van der Waals surface area contributed by atoms with Gasteiger partial charge >= 0.3 is 0 Å². The standard InChI is InChI=1S/C18H21NO/c1-2-20-18-10-6-9-16(13-18)19-17-11-15(12-17)14-7-4-3-5-8-14/h3-10,13,15,17,19H,2,11-12H2,1H3. The third-order valence-electron chi connectivity index (χ3n) is 3.92. The molecule has 1 aliphatic carbocycles. The van der Waals surface area contributed by atoms with Crippen molar-refractivity contribution in [3.63, 3.8) is 0 Å². The van der Waals surface area contributed by atoms with E-state index in [9.17, 15) is 0 Å². The Hall–Kier alpha value is -1.96. The molecule has 1 saturated carbocycles. The van der Waals surface area contributed by atoms with Crippen molar-refractivity contribution in [2.75, 3.05) is 11.9 Å². The topological polar surface area (TPSA) is 21.3 Å². The van der Waals surface area contributed by atoms with Crippen LogP contribution in [-0.4, -0.2) is 12.6 Å². The molecule has 2 aromatic carbocycles. The van der Waals surface area contributed by atoms with Crippen molar-refractivity contribution in [2.45, 2.75) is 31.7 Å². The summed E-state index contributed by atoms with van der Waals surface area (Å²) in [6.07, 6.45) is 2.42. The molecule has 0 spiro atoms. The summed E-state index contributed by atoms with van der Waals surface area (Å²) in [7, 11) is 0. The van der Waals surface area contributed by atoms with E-state index >= 15 is 0 Å². The van der Waals surface area contributed by atoms with E-state index in [1.807, 2.05) is 19.1 Å². The van der Waals surface area contributed by atoms with Gasteiger partial charge in [-0.1, -0.05) is 36.4 Å². The Labute approximate surface area is 120 Å². The van der Waals surface area contributed by atoms with Gasteiger partial charge in [0.05, 0.1) is 6.61 Å². The summed E-state index contributed by atoms with van der Waals surface area (Å²) in [5.74, 6) is 1.65. The first-order valence-corrected chi connectivity index (χ1v) is 7.39. The first-order chi connectivity index (χ1) is 9.85. The van der Waals surface area contributed by atoms with Crippen molar-refractivity contribution in [3.05, 3.63) is 60.2 Å². The zero-order valence-electron chi connectivity index (χ0n) is 11.9. The van der Waals surface area contributed by atoms with Crippen LogP contribution in [0.15, 0.2) is 54.6 Å². The zero-order chi connectivity index (χ0) is 13.8. The maximum absolute atomic E-state index is 5.53. The Morgan fingerprint density at radius 2 is 1.85 bits per heavy atom. The lowest BCUT2D eigenvalue weighted by atomic mass is 9.76. The smallest absolute Gasteiger partial charge is 0.121 e. The number of hydrogen-bond donors (Lipinski definition) is 1. The second kappa shape index (κ2) is 6.00. The third-order valence-corrected chi connectivity index (χ3v) is 3.92. The van der Waals surface area contributed by atoms with Crippen molar-refractivity contribution < 1.29 is 4.74 Å². The summed E-state index contributed by atoms with van der Waals surface area (Å²) in [5.41, 5.74) is 2.63. The van der Waals surface area contributed by atoms with Gasteiger partial charge in [0.15, 0.2) is 0 Å². The lowest BCUT2D eigenvalue weighted by Crippen LogP contribution is -2.33. The molecule has 1 fully saturated rings. The fourth-order valence-electron chi connectivity index (χ4n) is 2.81. The van der Waals surface area contributed by atoms with Gasteiger partial charge in [0, 0.05) is 17.8 Å². The second-order valence-electron chi connectivity index (χ2n) is 5.38. The molecule has 0 unspecified atom stereocenters. The van der Waals surface area contributed by atoms with Crippen molar-refractivity contribution >= 4 is 5.69 Å². The molecule has 0 radical (unpaired) electrons. The maximum atomic E-state index is 5.53. The molecular weight excluding hydrogens is 246 g/mol. The second-order valence-corrected chi connectivity index (χ2v) is 5.38. The molecule has 0 aliphatic heterocycles. The van der Waals surface area contributed by atoms with E-state index in [-0.39, 0.29) is 0 Å². The number of benzene rings is 2. The quantitative estimate of drug-likeness (QED) is 0.864. The number of nitrogens with one attached hydrogen (secondary N) is 1. The van der Waals surface area contributed by atoms with E-state index in [0.717, 1.165) is 11.4 Å². The predicted molar refractivity (Wildman–Crippen MR) is 83.4 cm³/mol. The van der Waals surface area contributed by atoms with E-state index in [1.54, 1.807) is 0 Å². The number of rotatable bonds is 5. The molecule has 1 N–H and O–H groups in total. The molecule has 0 atom stereocenters. The van der Waals surface area contributed by atoms with Gasteiger partial charge in [-0.25, -0.2) is 0 Å². The van der Waals surface area contributed by atoms with Crippen LogP contribution in [0.1, 0.15) is 31.2 Å². The van der Waals surface area contributed by atoms with Crippen LogP contribution in [0.2, 0.25) is 0 Å². The predicted octanol–water partition coefficient (Wildman–Crippen LogP) is 4.44. The maximum Gasteiger partial charge on any atom is 0.121 e. The summed E-state index contributed by atoms with van der Waals surface area (Å²) in [5, 5.41) is 3.60. The fraction of sp³-hybridized carbons (Fsp3) is 0.333. The van der Waals surface area contributed by atoms with E-state index in [1.165, 1.54) is 18.4 Å². The average molecular weight is 267 g/mol. The van der Waals surface area contributed by atoms with E-state index in [2.05, 4.69) is 47.8 Å². The summed E-state index contributed by atoms with van der Waals surface area (Å²) >= 11 is 0. The molecule has 2 nitrogen and oxygen atoms in total. The van der Waals surface area contributed by atoms with Crippen LogP contribution >= 0.6 is 0 Å². The minimum Gasteiger partial charge on any atom is -0.494 e. The molecule has 20 heavy (non-hydrogen) atoms. The summed E-state index contributed by atoms with van der Waals surface area (Å²) < 4.78 is 5.53. The van der Waals surface area contributed by atoms with Crippen LogP contribution in [0, 0.1) is 0 Å². The number of ether oxygens (including phenoxy) is 1. The average Bonchev–Trinajstić information content (AvgIpc) is 2.44. The number of hydrogen-bond acceptors (Lipinski definition) is 2. The minimum absolute atomic E-state index is 0.581. The molecule has 0 aromatic heterocycles. The highest BCUT2D eigenvalue weighted by molar-refractivity contribution is 5.49. The highest BCUT2D eigenvalue weighted by atomic mass is 16.5. The van der Waals surface area contributed by atoms with Crippen LogP contribution in [-0.2, 0) is 0 Å². The van der Waals surface area contributed by atoms with Crippen LogP contribution in [0.4, 0.5) is 5.69 Å². The van der Waals surface area contributed by atoms with Crippen molar-refractivity contribution in [1.29, 1.82) is 0 Å². The third kappa shape index (κ3) is 2.96. The van der Waals surface area contributed by atoms with Gasteiger partial charge in [-0.05, 0) is 43.4 Å². The SMILES string of the molecule is CCOc1cccc(NC2CC(c3ccccc3)C2)c1. The first-order valence-electron chi connectivity index (χ1n) is 7.39. The molecule has 1 aliphatic rings. The molecule has 0 amide bonds. The highest BCUT2D eigenvalue weighted by Crippen LogP contribution is 2.38. The lowest BCUT2D eigenvalue weighted by molar-refractivity contribution is 0.340. The molecular formula is C18H21NO. The lowest BCUT2D eigenvalue weighted by Gasteiger charge is -2.37. The van der Waals surface area contributed by atoms with E-state index < -0.39 is 0 Å². The summed E-state index contributed by atoms with van der Waals surface area (Å²) in [6, 6.07) is 19.6. The van der Waals surface area contributed by atoms with Gasteiger partial charge in [0.1, 0.15) is 5.75 Å². The molecule has 2 aromatic rings. The first kappa shape index (κ1) is 13.0. The van der Waals surface area contributed by atoms with Crippen molar-refractivity contribution in [3.8, 4) is 5.75 Å². The van der Waals surface area contributed by atoms with Crippen LogP contribution in [0.5, 0.6) is 5.75 Å². The number of anilines is 1. The fourth-order valence-corrected chi connectivity index (χ4v) is 2.81. The minimum atomic E-state index is 0.581. The Kier molecular flexibility index (Phi) is 3.91. The molecule has 0 bridgehead atoms. The monoisotopic (exact) mass is 267 g/mol. The van der Waals surface area contributed by atoms with Gasteiger partial charge < -0.3 is 10.1 Å². The van der Waals surface area contributed by atoms with Gasteiger partial charge in [-0.15, -0.1) is 0 Å². The zero-order valence-corrected chi connectivity index (χ0v) is 11.9. The highest BCUT2D eigenvalue weighted by Gasteiger charge is 2.29. The van der Waals surface area contributed by atoms with Crippen LogP contribution in [0.25, 0.3) is 0 Å². The Morgan fingerprint density at radius 3 is 2.60 bits per heavy atom. The largest absolute Gasteiger partial charge is 0.494 e. The van der Waals surface area contributed by atoms with E-state index in [0.29, 0.717) is 18.6 Å². The van der Waals surface area contributed by atoms with E-state index in [4.69, 9.17) is 4.74 Å². The van der Waals surface area contributed by atoms with Crippen molar-refractivity contribution in [2.24, 2.45) is 0 Å². The summed E-state index contributed by atoms with van der Waals surface area (Å²) in [4.78, 5) is 0. The summed E-state index contributed by atoms with van der Waals surface area (Å²) in [6.45, 7) is 2.72. The molecule has 104 valence electrons. The Balaban J connectivity index is 1.55. The molecule has 0 heterocycles. The Bertz CT molecular complexity index is 546. The Morgan fingerprint density at radius 1 is 1.05 bits per heavy atom. The normalized spacial score (nSPS) is 21.1. The molecule has 2 heteroatoms. The van der Waals surface area contributed by atoms with Crippen molar-refractivity contribution in [1.82, 2.24) is 0 Å². The van der Waals surface area contributed by atoms with Crippen LogP contribution in [0.3, 0.4) is 0 Å². The van der Waals surface area contributed by atoms with Gasteiger partial charge in [-0.2, -0.15) is 0 Å². The molecule has 3 rings (SSSR count). The molecule has 0 saturated heterocycles. The van der Waals surface area contributed by atoms with Gasteiger partial charge in [0.25, 0.3) is 0 Å². The van der Waals surface area contributed by atoms with Crippen LogP contribution < -0.4 is 10.1 Å².